The summed E-state index contributed by atoms with van der Waals surface area (Å²) in [5, 5.41) is 4.37. The Kier molecular flexibility index (Phi) is 3.67. The first-order valence-corrected chi connectivity index (χ1v) is 9.12. The monoisotopic (exact) mass is 306 g/mol. The van der Waals surface area contributed by atoms with Crippen LogP contribution in [0.2, 0.25) is 0 Å². The molecule has 0 radical (unpaired) electrons. The van der Waals surface area contributed by atoms with E-state index in [4.69, 9.17) is 4.74 Å². The van der Waals surface area contributed by atoms with Crippen molar-refractivity contribution in [2.24, 2.45) is 11.8 Å². The summed E-state index contributed by atoms with van der Waals surface area (Å²) in [6.45, 7) is 9.17. The fourth-order valence-electron chi connectivity index (χ4n) is 3.36. The highest BCUT2D eigenvalue weighted by molar-refractivity contribution is 7.20. The first-order valence-electron chi connectivity index (χ1n) is 7.36. The van der Waals surface area contributed by atoms with Crippen LogP contribution in [0.5, 0.6) is 5.75 Å². The highest BCUT2D eigenvalue weighted by Crippen LogP contribution is 2.54. The van der Waals surface area contributed by atoms with Gasteiger partial charge in [0.1, 0.15) is 11.4 Å². The van der Waals surface area contributed by atoms with Crippen LogP contribution < -0.4 is 4.74 Å². The minimum atomic E-state index is -0.133. The molecule has 0 amide bonds. The fraction of sp³-hybridized carbons (Fsp3) is 0.529. The molecule has 0 aliphatic carbocycles. The van der Waals surface area contributed by atoms with Crippen molar-refractivity contribution in [3.05, 3.63) is 28.5 Å². The number of hydrogen-bond donors (Lipinski definition) is 0. The molecule has 0 unspecified atom stereocenters. The highest BCUT2D eigenvalue weighted by atomic mass is 32.1. The number of rotatable bonds is 4. The fourth-order valence-corrected chi connectivity index (χ4v) is 5.35. The van der Waals surface area contributed by atoms with Crippen molar-refractivity contribution in [2.45, 2.75) is 46.1 Å². The molecular formula is C17H22OS2. The largest absolute Gasteiger partial charge is 0.481 e. The van der Waals surface area contributed by atoms with Crippen LogP contribution in [-0.2, 0) is 5.60 Å². The van der Waals surface area contributed by atoms with Crippen molar-refractivity contribution >= 4 is 22.7 Å². The summed E-state index contributed by atoms with van der Waals surface area (Å²) in [7, 11) is 0. The van der Waals surface area contributed by atoms with Crippen molar-refractivity contribution in [3.8, 4) is 15.5 Å². The summed E-state index contributed by atoms with van der Waals surface area (Å²) in [6, 6.07) is 4.42. The van der Waals surface area contributed by atoms with E-state index in [1.54, 1.807) is 11.3 Å². The van der Waals surface area contributed by atoms with Gasteiger partial charge in [0.05, 0.1) is 9.75 Å². The zero-order valence-corrected chi connectivity index (χ0v) is 14.2. The second-order valence-corrected chi connectivity index (χ2v) is 8.40. The minimum Gasteiger partial charge on any atom is -0.481 e. The quantitative estimate of drug-likeness (QED) is 0.657. The van der Waals surface area contributed by atoms with E-state index in [1.807, 2.05) is 11.3 Å². The molecule has 0 saturated heterocycles. The van der Waals surface area contributed by atoms with Gasteiger partial charge < -0.3 is 4.74 Å². The van der Waals surface area contributed by atoms with E-state index >= 15 is 0 Å². The molecule has 3 heteroatoms. The van der Waals surface area contributed by atoms with Gasteiger partial charge in [0, 0.05) is 5.56 Å². The standard InChI is InChI=1S/C17H22OS2/c1-11(2)9-17(10-12(3)4)13-5-7-19-15(13)16-14(18-17)6-8-20-16/h5-8,11-12H,9-10H2,1-4H3. The van der Waals surface area contributed by atoms with Crippen LogP contribution in [0.15, 0.2) is 22.9 Å². The number of thiophene rings is 2. The normalized spacial score (nSPS) is 16.1. The summed E-state index contributed by atoms with van der Waals surface area (Å²) >= 11 is 3.66. The van der Waals surface area contributed by atoms with Crippen LogP contribution in [-0.4, -0.2) is 0 Å². The van der Waals surface area contributed by atoms with Crippen molar-refractivity contribution in [1.82, 2.24) is 0 Å². The summed E-state index contributed by atoms with van der Waals surface area (Å²) in [4.78, 5) is 2.75. The van der Waals surface area contributed by atoms with E-state index in [1.165, 1.54) is 15.3 Å². The molecular weight excluding hydrogens is 284 g/mol. The molecule has 1 aliphatic heterocycles. The lowest BCUT2D eigenvalue weighted by Gasteiger charge is -2.40. The SMILES string of the molecule is CC(C)CC1(CC(C)C)Oc2ccsc2-c2sccc21. The number of ether oxygens (including phenoxy) is 1. The van der Waals surface area contributed by atoms with Gasteiger partial charge in [0.2, 0.25) is 0 Å². The average Bonchev–Trinajstić information content (AvgIpc) is 2.92. The molecule has 0 spiro atoms. The third kappa shape index (κ3) is 2.31. The third-order valence-electron chi connectivity index (χ3n) is 3.77. The second kappa shape index (κ2) is 5.19. The maximum Gasteiger partial charge on any atom is 0.140 e. The molecule has 1 aliphatic rings. The molecule has 3 rings (SSSR count). The van der Waals surface area contributed by atoms with Crippen LogP contribution in [0.25, 0.3) is 9.75 Å². The van der Waals surface area contributed by atoms with Crippen molar-refractivity contribution in [1.29, 1.82) is 0 Å². The van der Waals surface area contributed by atoms with Gasteiger partial charge in [-0.25, -0.2) is 0 Å². The Balaban J connectivity index is 2.12. The van der Waals surface area contributed by atoms with Gasteiger partial charge in [0.25, 0.3) is 0 Å². The molecule has 2 aromatic rings. The van der Waals surface area contributed by atoms with Crippen molar-refractivity contribution in [3.63, 3.8) is 0 Å². The van der Waals surface area contributed by atoms with Gasteiger partial charge in [-0.1, -0.05) is 27.7 Å². The number of hydrogen-bond acceptors (Lipinski definition) is 3. The van der Waals surface area contributed by atoms with E-state index in [0.717, 1.165) is 18.6 Å². The van der Waals surface area contributed by atoms with Gasteiger partial charge >= 0.3 is 0 Å². The first-order chi connectivity index (χ1) is 9.52. The summed E-state index contributed by atoms with van der Waals surface area (Å²) < 4.78 is 6.58. The summed E-state index contributed by atoms with van der Waals surface area (Å²) in [5.41, 5.74) is 1.28. The van der Waals surface area contributed by atoms with Gasteiger partial charge in [-0.05, 0) is 47.6 Å². The van der Waals surface area contributed by atoms with Crippen LogP contribution in [0.1, 0.15) is 46.1 Å². The molecule has 0 saturated carbocycles. The summed E-state index contributed by atoms with van der Waals surface area (Å²) in [6.07, 6.45) is 2.17. The predicted molar refractivity (Wildman–Crippen MR) is 88.8 cm³/mol. The lowest BCUT2D eigenvalue weighted by atomic mass is 9.78. The highest BCUT2D eigenvalue weighted by Gasteiger charge is 2.42. The van der Waals surface area contributed by atoms with E-state index in [9.17, 15) is 0 Å². The Morgan fingerprint density at radius 1 is 0.950 bits per heavy atom. The lowest BCUT2D eigenvalue weighted by molar-refractivity contribution is 0.0209. The Hall–Kier alpha value is -0.800. The Labute approximate surface area is 129 Å². The molecule has 1 nitrogen and oxygen atoms in total. The maximum absolute atomic E-state index is 6.58. The Bertz CT molecular complexity index is 582. The predicted octanol–water partition coefficient (Wildman–Crippen LogP) is 6.16. The van der Waals surface area contributed by atoms with Gasteiger partial charge in [-0.3, -0.25) is 0 Å². The van der Waals surface area contributed by atoms with Crippen LogP contribution in [0.4, 0.5) is 0 Å². The number of fused-ring (bicyclic) bond motifs is 3. The van der Waals surface area contributed by atoms with Crippen LogP contribution in [0.3, 0.4) is 0 Å². The van der Waals surface area contributed by atoms with Crippen LogP contribution in [0, 0.1) is 11.8 Å². The van der Waals surface area contributed by atoms with E-state index < -0.39 is 0 Å². The molecule has 108 valence electrons. The molecule has 20 heavy (non-hydrogen) atoms. The molecule has 0 fully saturated rings. The molecule has 0 aromatic carbocycles. The Morgan fingerprint density at radius 2 is 1.55 bits per heavy atom. The van der Waals surface area contributed by atoms with Crippen LogP contribution >= 0.6 is 22.7 Å². The minimum absolute atomic E-state index is 0.133. The molecule has 2 aromatic heterocycles. The summed E-state index contributed by atoms with van der Waals surface area (Å²) in [5.74, 6) is 2.34. The average molecular weight is 306 g/mol. The maximum atomic E-state index is 6.58. The van der Waals surface area contributed by atoms with Gasteiger partial charge in [-0.15, -0.1) is 22.7 Å². The van der Waals surface area contributed by atoms with Crippen molar-refractivity contribution < 1.29 is 4.74 Å². The molecule has 0 N–H and O–H groups in total. The first kappa shape index (κ1) is 14.2. The molecule has 3 heterocycles. The van der Waals surface area contributed by atoms with E-state index in [2.05, 4.69) is 50.6 Å². The topological polar surface area (TPSA) is 9.23 Å². The zero-order valence-electron chi connectivity index (χ0n) is 12.6. The zero-order chi connectivity index (χ0) is 14.3. The second-order valence-electron chi connectivity index (χ2n) is 6.57. The molecule has 0 atom stereocenters. The van der Waals surface area contributed by atoms with Gasteiger partial charge in [0.15, 0.2) is 0 Å². The smallest absolute Gasteiger partial charge is 0.140 e. The van der Waals surface area contributed by atoms with Gasteiger partial charge in [-0.2, -0.15) is 0 Å². The Morgan fingerprint density at radius 3 is 2.20 bits per heavy atom. The van der Waals surface area contributed by atoms with Crippen molar-refractivity contribution in [2.75, 3.05) is 0 Å². The molecule has 0 bridgehead atoms. The van der Waals surface area contributed by atoms with E-state index in [0.29, 0.717) is 11.8 Å². The van der Waals surface area contributed by atoms with E-state index in [-0.39, 0.29) is 5.60 Å². The lowest BCUT2D eigenvalue weighted by Crippen LogP contribution is -2.38. The third-order valence-corrected chi connectivity index (χ3v) is 5.75.